The number of thioether (sulfide) groups is 1. The Bertz CT molecular complexity index is 1090. The van der Waals surface area contributed by atoms with Crippen LogP contribution in [0.3, 0.4) is 0 Å². The van der Waals surface area contributed by atoms with Gasteiger partial charge in [-0.1, -0.05) is 87.1 Å². The third-order valence-electron chi connectivity index (χ3n) is 4.78. The van der Waals surface area contributed by atoms with Crippen LogP contribution >= 0.6 is 11.8 Å². The van der Waals surface area contributed by atoms with Crippen LogP contribution < -0.4 is 0 Å². The summed E-state index contributed by atoms with van der Waals surface area (Å²) in [6.45, 7) is 6.64. The van der Waals surface area contributed by atoms with Crippen molar-refractivity contribution < 1.29 is 4.42 Å². The van der Waals surface area contributed by atoms with Crippen molar-refractivity contribution in [3.63, 3.8) is 0 Å². The van der Waals surface area contributed by atoms with Crippen LogP contribution in [0, 0.1) is 0 Å². The van der Waals surface area contributed by atoms with Gasteiger partial charge in [0.1, 0.15) is 0 Å². The molecular weight excluding hydrogens is 380 g/mol. The van der Waals surface area contributed by atoms with Gasteiger partial charge in [-0.2, -0.15) is 0 Å². The average Bonchev–Trinajstić information content (AvgIpc) is 3.33. The van der Waals surface area contributed by atoms with Crippen molar-refractivity contribution in [3.8, 4) is 22.7 Å². The number of benzene rings is 2. The fourth-order valence-corrected chi connectivity index (χ4v) is 3.82. The molecule has 0 radical (unpaired) electrons. The maximum absolute atomic E-state index is 5.88. The van der Waals surface area contributed by atoms with E-state index in [0.29, 0.717) is 11.6 Å². The van der Waals surface area contributed by atoms with Crippen molar-refractivity contribution in [1.82, 2.24) is 19.7 Å². The van der Waals surface area contributed by atoms with Crippen LogP contribution in [0.1, 0.15) is 32.2 Å². The predicted molar refractivity (Wildman–Crippen MR) is 117 cm³/mol. The molecule has 0 spiro atoms. The van der Waals surface area contributed by atoms with E-state index in [4.69, 9.17) is 4.42 Å². The Morgan fingerprint density at radius 2 is 1.66 bits per heavy atom. The Morgan fingerprint density at radius 1 is 0.931 bits per heavy atom. The SMILES string of the molecule is Cn1c(SCc2ncc(-c3ccccc3)o2)nnc1-c1ccc(C(C)(C)C)cc1. The van der Waals surface area contributed by atoms with E-state index in [2.05, 4.69) is 60.2 Å². The molecule has 0 amide bonds. The lowest BCUT2D eigenvalue weighted by Crippen LogP contribution is -2.10. The largest absolute Gasteiger partial charge is 0.440 e. The zero-order chi connectivity index (χ0) is 20.4. The second kappa shape index (κ2) is 7.87. The average molecular weight is 405 g/mol. The molecular formula is C23H24N4OS. The van der Waals surface area contributed by atoms with Crippen LogP contribution in [0.2, 0.25) is 0 Å². The summed E-state index contributed by atoms with van der Waals surface area (Å²) in [7, 11) is 1.99. The van der Waals surface area contributed by atoms with E-state index in [-0.39, 0.29) is 5.41 Å². The van der Waals surface area contributed by atoms with Gasteiger partial charge in [-0.05, 0) is 11.0 Å². The van der Waals surface area contributed by atoms with E-state index in [1.807, 2.05) is 41.9 Å². The Balaban J connectivity index is 1.46. The topological polar surface area (TPSA) is 56.7 Å². The molecule has 2 aromatic heterocycles. The van der Waals surface area contributed by atoms with Crippen LogP contribution in [0.15, 0.2) is 70.4 Å². The predicted octanol–water partition coefficient (Wildman–Crippen LogP) is 5.73. The molecule has 6 heteroatoms. The van der Waals surface area contributed by atoms with Gasteiger partial charge in [-0.15, -0.1) is 10.2 Å². The second-order valence-corrected chi connectivity index (χ2v) is 8.91. The number of aromatic nitrogens is 4. The molecule has 5 nitrogen and oxygen atoms in total. The smallest absolute Gasteiger partial charge is 0.205 e. The zero-order valence-corrected chi connectivity index (χ0v) is 17.9. The standard InChI is InChI=1S/C23H24N4OS/c1-23(2,3)18-12-10-17(11-13-18)21-25-26-22(27(21)4)29-15-20-24-14-19(28-20)16-8-6-5-7-9-16/h5-14H,15H2,1-4H3. The summed E-state index contributed by atoms with van der Waals surface area (Å²) >= 11 is 1.56. The summed E-state index contributed by atoms with van der Waals surface area (Å²) < 4.78 is 7.89. The Kier molecular flexibility index (Phi) is 5.28. The minimum atomic E-state index is 0.133. The maximum Gasteiger partial charge on any atom is 0.205 e. The van der Waals surface area contributed by atoms with E-state index < -0.39 is 0 Å². The molecule has 0 aliphatic heterocycles. The Hall–Kier alpha value is -2.86. The lowest BCUT2D eigenvalue weighted by molar-refractivity contribution is 0.529. The van der Waals surface area contributed by atoms with Crippen LogP contribution in [-0.2, 0) is 18.2 Å². The van der Waals surface area contributed by atoms with Crippen molar-refractivity contribution in [2.75, 3.05) is 0 Å². The van der Waals surface area contributed by atoms with Gasteiger partial charge >= 0.3 is 0 Å². The summed E-state index contributed by atoms with van der Waals surface area (Å²) in [5, 5.41) is 9.57. The molecule has 2 heterocycles. The van der Waals surface area contributed by atoms with Crippen molar-refractivity contribution in [1.29, 1.82) is 0 Å². The minimum absolute atomic E-state index is 0.133. The molecule has 0 atom stereocenters. The van der Waals surface area contributed by atoms with E-state index in [9.17, 15) is 0 Å². The normalized spacial score (nSPS) is 11.7. The molecule has 0 saturated heterocycles. The monoisotopic (exact) mass is 404 g/mol. The van der Waals surface area contributed by atoms with Crippen LogP contribution in [-0.4, -0.2) is 19.7 Å². The van der Waals surface area contributed by atoms with Gasteiger partial charge < -0.3 is 8.98 Å². The summed E-state index contributed by atoms with van der Waals surface area (Å²) in [6, 6.07) is 18.5. The fourth-order valence-electron chi connectivity index (χ4n) is 3.05. The highest BCUT2D eigenvalue weighted by atomic mass is 32.2. The second-order valence-electron chi connectivity index (χ2n) is 7.97. The zero-order valence-electron chi connectivity index (χ0n) is 17.1. The molecule has 148 valence electrons. The Morgan fingerprint density at radius 3 is 2.34 bits per heavy atom. The van der Waals surface area contributed by atoms with Crippen LogP contribution in [0.5, 0.6) is 0 Å². The van der Waals surface area contributed by atoms with E-state index in [1.165, 1.54) is 5.56 Å². The van der Waals surface area contributed by atoms with Crippen molar-refractivity contribution in [3.05, 3.63) is 72.2 Å². The first-order valence-corrected chi connectivity index (χ1v) is 10.5. The molecule has 29 heavy (non-hydrogen) atoms. The molecule has 4 aromatic rings. The third-order valence-corrected chi connectivity index (χ3v) is 5.79. The van der Waals surface area contributed by atoms with Gasteiger partial charge in [0, 0.05) is 18.2 Å². The Labute approximate surface area is 175 Å². The number of rotatable bonds is 5. The highest BCUT2D eigenvalue weighted by Gasteiger charge is 2.16. The van der Waals surface area contributed by atoms with Crippen molar-refractivity contribution in [2.24, 2.45) is 7.05 Å². The molecule has 0 bridgehead atoms. The summed E-state index contributed by atoms with van der Waals surface area (Å²) in [4.78, 5) is 4.39. The number of nitrogens with zero attached hydrogens (tertiary/aromatic N) is 4. The maximum atomic E-state index is 5.88. The lowest BCUT2D eigenvalue weighted by Gasteiger charge is -2.19. The molecule has 0 aliphatic rings. The summed E-state index contributed by atoms with van der Waals surface area (Å²) in [5.41, 5.74) is 3.52. The van der Waals surface area contributed by atoms with Crippen LogP contribution in [0.4, 0.5) is 0 Å². The van der Waals surface area contributed by atoms with Gasteiger partial charge in [0.25, 0.3) is 0 Å². The number of oxazole rings is 1. The first-order chi connectivity index (χ1) is 13.9. The number of hydrogen-bond donors (Lipinski definition) is 0. The van der Waals surface area contributed by atoms with Gasteiger partial charge in [0.05, 0.1) is 11.9 Å². The van der Waals surface area contributed by atoms with Gasteiger partial charge in [-0.3, -0.25) is 0 Å². The van der Waals surface area contributed by atoms with Gasteiger partial charge in [-0.25, -0.2) is 4.98 Å². The molecule has 2 aromatic carbocycles. The third kappa shape index (κ3) is 4.27. The van der Waals surface area contributed by atoms with Crippen molar-refractivity contribution in [2.45, 2.75) is 37.1 Å². The summed E-state index contributed by atoms with van der Waals surface area (Å²) in [5.74, 6) is 2.90. The van der Waals surface area contributed by atoms with E-state index in [1.54, 1.807) is 18.0 Å². The molecule has 0 saturated carbocycles. The number of hydrogen-bond acceptors (Lipinski definition) is 5. The molecule has 0 fully saturated rings. The molecule has 4 rings (SSSR count). The molecule has 0 aliphatic carbocycles. The van der Waals surface area contributed by atoms with E-state index in [0.717, 1.165) is 27.9 Å². The van der Waals surface area contributed by atoms with Gasteiger partial charge in [0.2, 0.25) is 5.89 Å². The quantitative estimate of drug-likeness (QED) is 0.398. The minimum Gasteiger partial charge on any atom is -0.440 e. The first kappa shape index (κ1) is 19.5. The van der Waals surface area contributed by atoms with Crippen LogP contribution in [0.25, 0.3) is 22.7 Å². The summed E-state index contributed by atoms with van der Waals surface area (Å²) in [6.07, 6.45) is 1.77. The highest BCUT2D eigenvalue weighted by Crippen LogP contribution is 2.29. The molecule has 0 N–H and O–H groups in total. The lowest BCUT2D eigenvalue weighted by atomic mass is 9.87. The highest BCUT2D eigenvalue weighted by molar-refractivity contribution is 7.98. The van der Waals surface area contributed by atoms with E-state index >= 15 is 0 Å². The molecule has 0 unspecified atom stereocenters. The van der Waals surface area contributed by atoms with Gasteiger partial charge in [0.15, 0.2) is 16.7 Å². The van der Waals surface area contributed by atoms with Crippen molar-refractivity contribution >= 4 is 11.8 Å². The first-order valence-electron chi connectivity index (χ1n) is 9.55. The fraction of sp³-hybridized carbons (Fsp3) is 0.261.